The lowest BCUT2D eigenvalue weighted by atomic mass is 9.90. The van der Waals surface area contributed by atoms with Crippen LogP contribution >= 0.6 is 11.3 Å². The van der Waals surface area contributed by atoms with Crippen LogP contribution in [0.5, 0.6) is 11.6 Å². The number of benzene rings is 3. The van der Waals surface area contributed by atoms with Crippen molar-refractivity contribution in [2.45, 2.75) is 108 Å². The van der Waals surface area contributed by atoms with Crippen molar-refractivity contribution in [3.8, 4) is 29.1 Å². The molecule has 2 saturated carbocycles. The van der Waals surface area contributed by atoms with E-state index in [2.05, 4.69) is 10.8 Å². The Kier molecular flexibility index (Phi) is 11.8. The van der Waals surface area contributed by atoms with Crippen LogP contribution in [0.4, 0.5) is 0 Å². The van der Waals surface area contributed by atoms with Gasteiger partial charge in [-0.25, -0.2) is 13.4 Å². The van der Waals surface area contributed by atoms with E-state index in [1.165, 1.54) is 11.3 Å². The minimum Gasteiger partial charge on any atom is -0.491 e. The van der Waals surface area contributed by atoms with E-state index >= 15 is 4.79 Å². The van der Waals surface area contributed by atoms with E-state index in [9.17, 15) is 23.3 Å². The highest BCUT2D eigenvalue weighted by molar-refractivity contribution is 7.90. The van der Waals surface area contributed by atoms with E-state index in [0.717, 1.165) is 62.9 Å². The van der Waals surface area contributed by atoms with Crippen LogP contribution in [0.1, 0.15) is 89.2 Å². The van der Waals surface area contributed by atoms with Gasteiger partial charge in [-0.3, -0.25) is 19.1 Å². The summed E-state index contributed by atoms with van der Waals surface area (Å²) in [5.74, 6) is -0.317. The van der Waals surface area contributed by atoms with Crippen LogP contribution in [-0.4, -0.2) is 70.9 Å². The van der Waals surface area contributed by atoms with Crippen LogP contribution in [0, 0.1) is 28.6 Å². The summed E-state index contributed by atoms with van der Waals surface area (Å²) in [6.07, 6.45) is 9.12. The molecule has 63 heavy (non-hydrogen) atoms. The second kappa shape index (κ2) is 17.5. The topological polar surface area (TPSA) is 169 Å². The molecule has 2 amide bonds. The Balaban J connectivity index is 1.07. The lowest BCUT2D eigenvalue weighted by Crippen LogP contribution is -2.46. The van der Waals surface area contributed by atoms with Crippen molar-refractivity contribution in [2.24, 2.45) is 17.3 Å². The molecule has 1 saturated heterocycles. The van der Waals surface area contributed by atoms with Gasteiger partial charge in [0.15, 0.2) is 11.6 Å². The van der Waals surface area contributed by atoms with Gasteiger partial charge in [-0.2, -0.15) is 10.2 Å². The molecule has 326 valence electrons. The molecule has 2 aliphatic heterocycles. The highest BCUT2D eigenvalue weighted by Gasteiger charge is 2.61. The summed E-state index contributed by atoms with van der Waals surface area (Å²) >= 11 is 1.52. The third-order valence-electron chi connectivity index (χ3n) is 12.8. The predicted octanol–water partition coefficient (Wildman–Crippen LogP) is 8.47. The number of amides is 2. The predicted molar refractivity (Wildman–Crippen MR) is 241 cm³/mol. The first-order chi connectivity index (χ1) is 30.4. The molecule has 3 fully saturated rings. The average molecular weight is 886 g/mol. The number of hydrogen-bond donors (Lipinski definition) is 1. The lowest BCUT2D eigenvalue weighted by molar-refractivity contribution is -0.142. The SMILES string of the molecule is CC(C)Oc1ccc(-c2nc(O[C@@H]3C[C@H]4C(=O)C[C@]5(C(=O)NS(=O)(=O)C6CC6)C[C@@H]5/C=C\CCCCC[C@H](Cc5ccc(C#N)cc5)C(=O)N4C3)c3sc4ccccc4c3n2)cc1. The van der Waals surface area contributed by atoms with Crippen molar-refractivity contribution in [2.75, 3.05) is 6.54 Å². The summed E-state index contributed by atoms with van der Waals surface area (Å²) in [5, 5.41) is 9.79. The van der Waals surface area contributed by atoms with Crippen molar-refractivity contribution < 1.29 is 32.3 Å². The fourth-order valence-corrected chi connectivity index (χ4v) is 11.7. The number of hydrogen-bond acceptors (Lipinski definition) is 11. The van der Waals surface area contributed by atoms with Gasteiger partial charge in [0.05, 0.1) is 46.5 Å². The second-order valence-electron chi connectivity index (χ2n) is 17.9. The van der Waals surface area contributed by atoms with Crippen LogP contribution in [0.3, 0.4) is 0 Å². The van der Waals surface area contributed by atoms with E-state index in [0.29, 0.717) is 49.4 Å². The number of rotatable bonds is 10. The number of nitrogens with one attached hydrogen (secondary N) is 1. The van der Waals surface area contributed by atoms with Crippen LogP contribution < -0.4 is 14.2 Å². The summed E-state index contributed by atoms with van der Waals surface area (Å²) in [6.45, 7) is 4.06. The Labute approximate surface area is 371 Å². The van der Waals surface area contributed by atoms with Crippen LogP contribution in [0.2, 0.25) is 0 Å². The normalized spacial score (nSPS) is 24.8. The van der Waals surface area contributed by atoms with Crippen LogP contribution in [-0.2, 0) is 30.8 Å². The van der Waals surface area contributed by atoms with Crippen molar-refractivity contribution in [1.29, 1.82) is 5.26 Å². The highest BCUT2D eigenvalue weighted by atomic mass is 32.2. The van der Waals surface area contributed by atoms with Crippen LogP contribution in [0.15, 0.2) is 84.9 Å². The van der Waals surface area contributed by atoms with Gasteiger partial charge in [-0.1, -0.05) is 55.3 Å². The first-order valence-electron chi connectivity index (χ1n) is 22.1. The average Bonchev–Trinajstić information content (AvgIpc) is 4.17. The van der Waals surface area contributed by atoms with E-state index in [4.69, 9.17) is 19.4 Å². The fraction of sp³-hybridized carbons (Fsp3) is 0.429. The van der Waals surface area contributed by atoms with E-state index in [1.807, 2.05) is 86.7 Å². The van der Waals surface area contributed by atoms with Crippen molar-refractivity contribution in [3.05, 3.63) is 96.1 Å². The van der Waals surface area contributed by atoms with E-state index in [1.54, 1.807) is 17.0 Å². The first kappa shape index (κ1) is 42.6. The maximum atomic E-state index is 15.0. The van der Waals surface area contributed by atoms with Crippen molar-refractivity contribution >= 4 is 59.3 Å². The maximum absolute atomic E-state index is 15.0. The van der Waals surface area contributed by atoms with Crippen molar-refractivity contribution in [3.63, 3.8) is 0 Å². The quantitative estimate of drug-likeness (QED) is 0.134. The lowest BCUT2D eigenvalue weighted by Gasteiger charge is -2.29. The van der Waals surface area contributed by atoms with Gasteiger partial charge in [0.25, 0.3) is 0 Å². The van der Waals surface area contributed by atoms with E-state index < -0.39 is 44.7 Å². The molecule has 2 aromatic heterocycles. The highest BCUT2D eigenvalue weighted by Crippen LogP contribution is 2.57. The molecule has 4 heterocycles. The Morgan fingerprint density at radius 1 is 1.00 bits per heavy atom. The number of carbonyl (C=O) groups excluding carboxylic acids is 3. The molecule has 0 spiro atoms. The minimum atomic E-state index is -3.85. The molecule has 0 unspecified atom stereocenters. The minimum absolute atomic E-state index is 0.0139. The summed E-state index contributed by atoms with van der Waals surface area (Å²) in [4.78, 5) is 55.6. The number of nitriles is 1. The number of nitrogens with zero attached hydrogens (tertiary/aromatic N) is 4. The molecule has 3 aromatic carbocycles. The van der Waals surface area contributed by atoms with Crippen LogP contribution in [0.25, 0.3) is 31.7 Å². The van der Waals surface area contributed by atoms with Gasteiger partial charge in [-0.05, 0) is 113 Å². The summed E-state index contributed by atoms with van der Waals surface area (Å²) in [5.41, 5.74) is 1.72. The third-order valence-corrected chi connectivity index (χ3v) is 15.8. The molecular weight excluding hydrogens is 835 g/mol. The molecule has 0 radical (unpaired) electrons. The monoisotopic (exact) mass is 885 g/mol. The van der Waals surface area contributed by atoms with Gasteiger partial charge in [-0.15, -0.1) is 11.3 Å². The Bertz CT molecular complexity index is 2740. The Morgan fingerprint density at radius 2 is 1.78 bits per heavy atom. The molecule has 2 aliphatic carbocycles. The number of ketones is 1. The van der Waals surface area contributed by atoms with Gasteiger partial charge < -0.3 is 14.4 Å². The molecule has 5 aromatic rings. The van der Waals surface area contributed by atoms with Gasteiger partial charge in [0.2, 0.25) is 27.7 Å². The number of allylic oxidation sites excluding steroid dienone is 2. The fourth-order valence-electron chi connectivity index (χ4n) is 9.21. The second-order valence-corrected chi connectivity index (χ2v) is 20.9. The smallest absolute Gasteiger partial charge is 0.240 e. The zero-order valence-corrected chi connectivity index (χ0v) is 37.1. The summed E-state index contributed by atoms with van der Waals surface area (Å²) in [6, 6.07) is 24.1. The molecule has 5 atom stereocenters. The number of ether oxygens (including phenoxy) is 2. The van der Waals surface area contributed by atoms with Gasteiger partial charge in [0, 0.05) is 34.4 Å². The molecule has 12 nitrogen and oxygen atoms in total. The molecule has 14 heteroatoms. The zero-order valence-electron chi connectivity index (χ0n) is 35.5. The molecule has 0 bridgehead atoms. The Morgan fingerprint density at radius 3 is 2.52 bits per heavy atom. The summed E-state index contributed by atoms with van der Waals surface area (Å²) in [7, 11) is -3.85. The molecule has 1 N–H and O–H groups in total. The maximum Gasteiger partial charge on any atom is 0.240 e. The number of Topliss-reactive ketones (excluding diaryl/α,β-unsaturated/α-hetero) is 1. The number of carbonyl (C=O) groups is 3. The van der Waals surface area contributed by atoms with E-state index in [-0.39, 0.29) is 43.1 Å². The number of fused-ring (bicyclic) bond motifs is 5. The Hall–Kier alpha value is -5.65. The van der Waals surface area contributed by atoms with Gasteiger partial charge >= 0.3 is 0 Å². The largest absolute Gasteiger partial charge is 0.491 e. The number of sulfonamides is 1. The zero-order chi connectivity index (χ0) is 43.9. The number of thiophene rings is 1. The molecular formula is C49H51N5O7S2. The van der Waals surface area contributed by atoms with Gasteiger partial charge in [0.1, 0.15) is 16.6 Å². The van der Waals surface area contributed by atoms with Crippen molar-refractivity contribution in [1.82, 2.24) is 19.6 Å². The first-order valence-corrected chi connectivity index (χ1v) is 24.4. The molecule has 4 aliphatic rings. The molecule has 9 rings (SSSR count). The number of aromatic nitrogens is 2. The standard InChI is InChI=1S/C49H51N5O7S2/c1-30(2)60-36-20-18-33(19-21-36)45-51-43-39-12-8-9-13-42(39)62-44(43)46(52-45)61-37-25-40-41(55)27-49(48(57)53-63(58,59)38-22-23-38)26-35(49)11-7-5-3-4-6-10-34(47(56)54(40)29-37)24-31-14-16-32(28-50)17-15-31/h7-9,11-21,30,34-35,37-38,40H,3-6,10,22-27,29H2,1-2H3,(H,53,57)/b11-7-/t34-,35+,37-,40+,49-/m1/s1. The third kappa shape index (κ3) is 9.09. The summed E-state index contributed by atoms with van der Waals surface area (Å²) < 4.78 is 42.9.